The minimum atomic E-state index is -0.207. The van der Waals surface area contributed by atoms with E-state index < -0.39 is 0 Å². The third-order valence-corrected chi connectivity index (χ3v) is 8.39. The molecule has 192 valence electrons. The Morgan fingerprint density at radius 3 is 2.16 bits per heavy atom. The van der Waals surface area contributed by atoms with Crippen molar-refractivity contribution in [3.63, 3.8) is 0 Å². The number of hydrogen-bond acceptors (Lipinski definition) is 1. The summed E-state index contributed by atoms with van der Waals surface area (Å²) in [6.07, 6.45) is 2.04. The maximum Gasteiger partial charge on any atom is 0.123 e. The summed E-state index contributed by atoms with van der Waals surface area (Å²) in [7, 11) is 0. The molecule has 1 aliphatic heterocycles. The zero-order chi connectivity index (χ0) is 26.1. The van der Waals surface area contributed by atoms with Gasteiger partial charge in [0, 0.05) is 34.0 Å². The fourth-order valence-corrected chi connectivity index (χ4v) is 6.65. The van der Waals surface area contributed by atoms with Crippen molar-refractivity contribution in [2.45, 2.75) is 31.8 Å². The third-order valence-electron chi connectivity index (χ3n) is 7.73. The molecule has 5 heteroatoms. The van der Waals surface area contributed by atoms with Crippen LogP contribution in [0.1, 0.15) is 35.4 Å². The standard InChI is InChI=1S/C33H29Cl2FN2/c34-29-13-7-14-30(35)32(29)24-16-18-37(19-17-24)22-28-27-12-4-5-15-31(27)38(21-23-8-6-11-26(36)20-23)33(28)25-9-2-1-3-10-25/h1-15,20,24H,16-19,21-22H2. The number of aromatic nitrogens is 1. The Kier molecular flexibility index (Phi) is 7.25. The third kappa shape index (κ3) is 4.99. The van der Waals surface area contributed by atoms with Crippen molar-refractivity contribution in [1.82, 2.24) is 9.47 Å². The molecule has 0 saturated carbocycles. The van der Waals surface area contributed by atoms with E-state index in [0.717, 1.165) is 53.6 Å². The fraction of sp³-hybridized carbons (Fsp3) is 0.212. The van der Waals surface area contributed by atoms with Gasteiger partial charge < -0.3 is 4.57 Å². The number of para-hydroxylation sites is 1. The number of fused-ring (bicyclic) bond motifs is 1. The van der Waals surface area contributed by atoms with E-state index in [-0.39, 0.29) is 5.82 Å². The topological polar surface area (TPSA) is 8.17 Å². The summed E-state index contributed by atoms with van der Waals surface area (Å²) in [5.74, 6) is 0.164. The van der Waals surface area contributed by atoms with Gasteiger partial charge in [0.15, 0.2) is 0 Å². The summed E-state index contributed by atoms with van der Waals surface area (Å²) in [5.41, 5.74) is 6.90. The molecule has 0 amide bonds. The molecule has 0 aliphatic carbocycles. The number of hydrogen-bond donors (Lipinski definition) is 0. The monoisotopic (exact) mass is 542 g/mol. The molecule has 1 aliphatic rings. The van der Waals surface area contributed by atoms with Crippen LogP contribution in [0.3, 0.4) is 0 Å². The first-order chi connectivity index (χ1) is 18.6. The quantitative estimate of drug-likeness (QED) is 0.207. The molecule has 4 aromatic carbocycles. The van der Waals surface area contributed by atoms with Gasteiger partial charge in [0.2, 0.25) is 0 Å². The van der Waals surface area contributed by atoms with E-state index in [1.165, 1.54) is 33.8 Å². The van der Waals surface area contributed by atoms with Crippen LogP contribution in [0.5, 0.6) is 0 Å². The van der Waals surface area contributed by atoms with E-state index in [9.17, 15) is 4.39 Å². The van der Waals surface area contributed by atoms with Crippen LogP contribution in [0.25, 0.3) is 22.2 Å². The number of piperidine rings is 1. The van der Waals surface area contributed by atoms with Crippen molar-refractivity contribution >= 4 is 34.1 Å². The van der Waals surface area contributed by atoms with Gasteiger partial charge in [-0.05, 0) is 84.4 Å². The van der Waals surface area contributed by atoms with Crippen molar-refractivity contribution in [2.75, 3.05) is 13.1 Å². The van der Waals surface area contributed by atoms with Crippen LogP contribution in [0.15, 0.2) is 97.1 Å². The summed E-state index contributed by atoms with van der Waals surface area (Å²) in [5, 5.41) is 2.78. The highest BCUT2D eigenvalue weighted by molar-refractivity contribution is 6.36. The minimum Gasteiger partial charge on any atom is -0.336 e. The van der Waals surface area contributed by atoms with Crippen LogP contribution < -0.4 is 0 Å². The molecular weight excluding hydrogens is 514 g/mol. The van der Waals surface area contributed by atoms with Gasteiger partial charge in [-0.2, -0.15) is 0 Å². The predicted molar refractivity (Wildman–Crippen MR) is 157 cm³/mol. The molecule has 1 fully saturated rings. The molecule has 1 saturated heterocycles. The predicted octanol–water partition coefficient (Wildman–Crippen LogP) is 9.18. The average molecular weight is 544 g/mol. The fourth-order valence-electron chi connectivity index (χ4n) is 5.95. The number of nitrogens with zero attached hydrogens (tertiary/aromatic N) is 2. The van der Waals surface area contributed by atoms with Crippen LogP contribution in [-0.4, -0.2) is 22.6 Å². The number of rotatable bonds is 6. The summed E-state index contributed by atoms with van der Waals surface area (Å²) in [6, 6.07) is 31.9. The van der Waals surface area contributed by atoms with E-state index >= 15 is 0 Å². The van der Waals surface area contributed by atoms with E-state index in [0.29, 0.717) is 12.5 Å². The second-order valence-electron chi connectivity index (χ2n) is 10.1. The van der Waals surface area contributed by atoms with Crippen molar-refractivity contribution in [2.24, 2.45) is 0 Å². The molecule has 2 nitrogen and oxygen atoms in total. The average Bonchev–Trinajstić information content (AvgIpc) is 3.23. The van der Waals surface area contributed by atoms with Gasteiger partial charge in [0.05, 0.1) is 5.69 Å². The largest absolute Gasteiger partial charge is 0.336 e. The van der Waals surface area contributed by atoms with Gasteiger partial charge >= 0.3 is 0 Å². The molecule has 0 atom stereocenters. The Morgan fingerprint density at radius 2 is 1.42 bits per heavy atom. The maximum absolute atomic E-state index is 14.1. The van der Waals surface area contributed by atoms with E-state index in [1.54, 1.807) is 12.1 Å². The van der Waals surface area contributed by atoms with E-state index in [4.69, 9.17) is 23.2 Å². The maximum atomic E-state index is 14.1. The molecule has 0 unspecified atom stereocenters. The molecule has 2 heterocycles. The summed E-state index contributed by atoms with van der Waals surface area (Å²) in [6.45, 7) is 3.41. The summed E-state index contributed by atoms with van der Waals surface area (Å²) >= 11 is 13.1. The normalized spacial score (nSPS) is 14.8. The second kappa shape index (κ2) is 10.9. The van der Waals surface area contributed by atoms with Crippen molar-refractivity contribution in [3.8, 4) is 11.3 Å². The zero-order valence-electron chi connectivity index (χ0n) is 21.1. The molecule has 0 radical (unpaired) electrons. The first-order valence-corrected chi connectivity index (χ1v) is 13.9. The number of benzene rings is 4. The first kappa shape index (κ1) is 25.2. The minimum absolute atomic E-state index is 0.207. The zero-order valence-corrected chi connectivity index (χ0v) is 22.6. The number of likely N-dealkylation sites (tertiary alicyclic amines) is 1. The van der Waals surface area contributed by atoms with Crippen LogP contribution in [0.4, 0.5) is 4.39 Å². The second-order valence-corrected chi connectivity index (χ2v) is 10.9. The van der Waals surface area contributed by atoms with Crippen LogP contribution in [0.2, 0.25) is 10.0 Å². The highest BCUT2D eigenvalue weighted by Gasteiger charge is 2.26. The summed E-state index contributed by atoms with van der Waals surface area (Å²) < 4.78 is 16.4. The molecule has 0 spiro atoms. The first-order valence-electron chi connectivity index (χ1n) is 13.1. The van der Waals surface area contributed by atoms with E-state index in [1.807, 2.05) is 30.3 Å². The molecular formula is C33H29Cl2FN2. The van der Waals surface area contributed by atoms with E-state index in [2.05, 4.69) is 58.0 Å². The van der Waals surface area contributed by atoms with Crippen molar-refractivity contribution in [1.29, 1.82) is 0 Å². The van der Waals surface area contributed by atoms with Crippen molar-refractivity contribution in [3.05, 3.63) is 130 Å². The van der Waals surface area contributed by atoms with Gasteiger partial charge in [-0.15, -0.1) is 0 Å². The molecule has 1 aromatic heterocycles. The highest BCUT2D eigenvalue weighted by atomic mass is 35.5. The molecule has 5 aromatic rings. The van der Waals surface area contributed by atoms with Gasteiger partial charge in [-0.1, -0.05) is 89.9 Å². The lowest BCUT2D eigenvalue weighted by molar-refractivity contribution is 0.205. The van der Waals surface area contributed by atoms with Gasteiger partial charge in [0.1, 0.15) is 5.82 Å². The van der Waals surface area contributed by atoms with Gasteiger partial charge in [-0.25, -0.2) is 4.39 Å². The van der Waals surface area contributed by atoms with Crippen LogP contribution in [0, 0.1) is 5.82 Å². The molecule has 38 heavy (non-hydrogen) atoms. The van der Waals surface area contributed by atoms with Crippen molar-refractivity contribution < 1.29 is 4.39 Å². The number of halogens is 3. The molecule has 0 bridgehead atoms. The lowest BCUT2D eigenvalue weighted by atomic mass is 9.89. The SMILES string of the molecule is Fc1cccc(Cn2c(-c3ccccc3)c(CN3CCC(c4c(Cl)cccc4Cl)CC3)c3ccccc32)c1. The Hall–Kier alpha value is -3.11. The highest BCUT2D eigenvalue weighted by Crippen LogP contribution is 2.40. The Morgan fingerprint density at radius 1 is 0.737 bits per heavy atom. The summed E-state index contributed by atoms with van der Waals surface area (Å²) in [4.78, 5) is 2.54. The lowest BCUT2D eigenvalue weighted by Gasteiger charge is -2.33. The molecule has 0 N–H and O–H groups in total. The Labute approximate surface area is 233 Å². The van der Waals surface area contributed by atoms with Gasteiger partial charge in [-0.3, -0.25) is 4.90 Å². The van der Waals surface area contributed by atoms with Crippen LogP contribution in [-0.2, 0) is 13.1 Å². The lowest BCUT2D eigenvalue weighted by Crippen LogP contribution is -2.32. The molecule has 6 rings (SSSR count). The Bertz CT molecular complexity index is 1550. The van der Waals surface area contributed by atoms with Gasteiger partial charge in [0.25, 0.3) is 0 Å². The smallest absolute Gasteiger partial charge is 0.123 e. The Balaban J connectivity index is 1.36. The van der Waals surface area contributed by atoms with Crippen LogP contribution >= 0.6 is 23.2 Å².